The monoisotopic (exact) mass is 217 g/mol. The minimum Gasteiger partial charge on any atom is -0.481 e. The van der Waals surface area contributed by atoms with Crippen molar-refractivity contribution in [2.75, 3.05) is 0 Å². The number of halogens is 2. The van der Waals surface area contributed by atoms with Crippen LogP contribution in [0, 0.1) is 0 Å². The first-order valence-electron chi connectivity index (χ1n) is 4.54. The maximum absolute atomic E-state index is 13.1. The molecule has 1 N–H and O–H groups in total. The van der Waals surface area contributed by atoms with Gasteiger partial charge in [-0.2, -0.15) is 0 Å². The van der Waals surface area contributed by atoms with E-state index in [0.29, 0.717) is 5.76 Å². The van der Waals surface area contributed by atoms with E-state index in [1.54, 1.807) is 0 Å². The van der Waals surface area contributed by atoms with Crippen molar-refractivity contribution in [1.82, 2.24) is 5.16 Å². The molecular weight excluding hydrogens is 208 g/mol. The molecule has 4 nitrogen and oxygen atoms in total. The Labute approximate surface area is 83.9 Å². The van der Waals surface area contributed by atoms with Gasteiger partial charge in [0.15, 0.2) is 0 Å². The van der Waals surface area contributed by atoms with Crippen LogP contribution in [0.3, 0.4) is 0 Å². The Morgan fingerprint density at radius 2 is 2.33 bits per heavy atom. The van der Waals surface area contributed by atoms with Crippen LogP contribution in [0.15, 0.2) is 4.52 Å². The highest BCUT2D eigenvalue weighted by atomic mass is 19.3. The van der Waals surface area contributed by atoms with Crippen molar-refractivity contribution in [2.45, 2.75) is 31.6 Å². The molecule has 0 aromatic carbocycles. The standard InChI is InChI=1S/C9H9F2NO3/c10-9(11)2-1-7-5(4-9)6(12-15-7)3-8(13)14/h1-4H2,(H,13,14). The molecule has 0 atom stereocenters. The number of nitrogens with zero attached hydrogens (tertiary/aromatic N) is 1. The van der Waals surface area contributed by atoms with Gasteiger partial charge in [-0.15, -0.1) is 0 Å². The van der Waals surface area contributed by atoms with Gasteiger partial charge in [-0.1, -0.05) is 5.16 Å². The van der Waals surface area contributed by atoms with Gasteiger partial charge in [0.2, 0.25) is 0 Å². The average Bonchev–Trinajstić information content (AvgIpc) is 2.46. The topological polar surface area (TPSA) is 63.3 Å². The number of aryl methyl sites for hydroxylation is 1. The summed E-state index contributed by atoms with van der Waals surface area (Å²) in [5.41, 5.74) is 0.394. The largest absolute Gasteiger partial charge is 0.481 e. The van der Waals surface area contributed by atoms with Gasteiger partial charge in [-0.3, -0.25) is 4.79 Å². The van der Waals surface area contributed by atoms with Gasteiger partial charge >= 0.3 is 5.97 Å². The highest BCUT2D eigenvalue weighted by Crippen LogP contribution is 2.34. The molecule has 0 fully saturated rings. The lowest BCUT2D eigenvalue weighted by molar-refractivity contribution is -0.136. The van der Waals surface area contributed by atoms with E-state index < -0.39 is 18.3 Å². The van der Waals surface area contributed by atoms with Gasteiger partial charge in [0, 0.05) is 24.8 Å². The molecule has 1 heterocycles. The Kier molecular flexibility index (Phi) is 2.21. The molecule has 0 amide bonds. The number of hydrogen-bond acceptors (Lipinski definition) is 3. The lowest BCUT2D eigenvalue weighted by atomic mass is 9.92. The average molecular weight is 217 g/mol. The van der Waals surface area contributed by atoms with E-state index >= 15 is 0 Å². The summed E-state index contributed by atoms with van der Waals surface area (Å²) < 4.78 is 31.0. The highest BCUT2D eigenvalue weighted by molar-refractivity contribution is 5.70. The SMILES string of the molecule is O=C(O)Cc1noc2c1CC(F)(F)CC2. The highest BCUT2D eigenvalue weighted by Gasteiger charge is 2.38. The van der Waals surface area contributed by atoms with Crippen molar-refractivity contribution in [3.05, 3.63) is 17.0 Å². The Morgan fingerprint density at radius 1 is 1.60 bits per heavy atom. The normalized spacial score (nSPS) is 18.5. The zero-order valence-corrected chi connectivity index (χ0v) is 7.80. The van der Waals surface area contributed by atoms with Gasteiger partial charge in [0.1, 0.15) is 5.76 Å². The molecule has 0 aliphatic heterocycles. The van der Waals surface area contributed by atoms with Crippen LogP contribution in [-0.4, -0.2) is 22.2 Å². The fourth-order valence-corrected chi connectivity index (χ4v) is 1.70. The number of alkyl halides is 2. The molecule has 82 valence electrons. The molecule has 1 aromatic rings. The summed E-state index contributed by atoms with van der Waals surface area (Å²) in [6.07, 6.45) is -0.972. The van der Waals surface area contributed by atoms with Crippen molar-refractivity contribution in [2.24, 2.45) is 0 Å². The number of aliphatic carboxylic acids is 1. The summed E-state index contributed by atoms with van der Waals surface area (Å²) in [7, 11) is 0. The second-order valence-corrected chi connectivity index (χ2v) is 3.63. The van der Waals surface area contributed by atoms with Crippen molar-refractivity contribution in [1.29, 1.82) is 0 Å². The van der Waals surface area contributed by atoms with E-state index in [1.807, 2.05) is 0 Å². The van der Waals surface area contributed by atoms with Crippen molar-refractivity contribution >= 4 is 5.97 Å². The summed E-state index contributed by atoms with van der Waals surface area (Å²) in [6.45, 7) is 0. The molecule has 0 saturated heterocycles. The fraction of sp³-hybridized carbons (Fsp3) is 0.556. The third kappa shape index (κ3) is 1.98. The lowest BCUT2D eigenvalue weighted by Gasteiger charge is -2.20. The molecule has 6 heteroatoms. The molecule has 15 heavy (non-hydrogen) atoms. The lowest BCUT2D eigenvalue weighted by Crippen LogP contribution is -2.26. The van der Waals surface area contributed by atoms with Gasteiger partial charge in [-0.25, -0.2) is 8.78 Å². The van der Waals surface area contributed by atoms with Gasteiger partial charge in [0.05, 0.1) is 12.1 Å². The molecule has 0 radical (unpaired) electrons. The molecule has 1 aliphatic carbocycles. The first-order valence-corrected chi connectivity index (χ1v) is 4.54. The van der Waals surface area contributed by atoms with E-state index in [4.69, 9.17) is 9.63 Å². The Hall–Kier alpha value is -1.46. The van der Waals surface area contributed by atoms with Crippen LogP contribution in [0.5, 0.6) is 0 Å². The first kappa shape index (κ1) is 10.1. The Morgan fingerprint density at radius 3 is 3.00 bits per heavy atom. The molecule has 0 spiro atoms. The minimum absolute atomic E-state index is 0.120. The van der Waals surface area contributed by atoms with Gasteiger partial charge in [-0.05, 0) is 0 Å². The minimum atomic E-state index is -2.77. The third-order valence-electron chi connectivity index (χ3n) is 2.42. The molecule has 2 rings (SSSR count). The fourth-order valence-electron chi connectivity index (χ4n) is 1.70. The molecule has 0 saturated carbocycles. The summed E-state index contributed by atoms with van der Waals surface area (Å²) in [6, 6.07) is 0. The molecule has 1 aromatic heterocycles. The van der Waals surface area contributed by atoms with E-state index in [9.17, 15) is 13.6 Å². The van der Waals surface area contributed by atoms with Crippen LogP contribution >= 0.6 is 0 Å². The van der Waals surface area contributed by atoms with Crippen LogP contribution in [0.2, 0.25) is 0 Å². The van der Waals surface area contributed by atoms with Crippen LogP contribution in [0.4, 0.5) is 8.78 Å². The van der Waals surface area contributed by atoms with Crippen LogP contribution in [0.1, 0.15) is 23.4 Å². The predicted octanol–water partition coefficient (Wildman–Crippen LogP) is 1.43. The third-order valence-corrected chi connectivity index (χ3v) is 2.42. The maximum Gasteiger partial charge on any atom is 0.309 e. The second-order valence-electron chi connectivity index (χ2n) is 3.63. The number of fused-ring (bicyclic) bond motifs is 1. The zero-order valence-electron chi connectivity index (χ0n) is 7.80. The molecule has 0 bridgehead atoms. The van der Waals surface area contributed by atoms with E-state index in [0.717, 1.165) is 0 Å². The van der Waals surface area contributed by atoms with Crippen LogP contribution in [-0.2, 0) is 24.1 Å². The van der Waals surface area contributed by atoms with E-state index in [1.165, 1.54) is 0 Å². The Balaban J connectivity index is 2.29. The number of carboxylic acids is 1. The maximum atomic E-state index is 13.1. The summed E-state index contributed by atoms with van der Waals surface area (Å²) in [4.78, 5) is 10.4. The molecule has 0 unspecified atom stereocenters. The number of hydrogen-bond donors (Lipinski definition) is 1. The summed E-state index contributed by atoms with van der Waals surface area (Å²) in [5, 5.41) is 12.1. The second kappa shape index (κ2) is 3.29. The number of carboxylic acid groups (broad SMARTS) is 1. The van der Waals surface area contributed by atoms with Gasteiger partial charge in [0.25, 0.3) is 5.92 Å². The summed E-state index contributed by atoms with van der Waals surface area (Å²) in [5.74, 6) is -3.47. The Bertz CT molecular complexity index is 400. The first-order chi connectivity index (χ1) is 6.98. The van der Waals surface area contributed by atoms with E-state index in [-0.39, 0.29) is 30.5 Å². The summed E-state index contributed by atoms with van der Waals surface area (Å²) >= 11 is 0. The van der Waals surface area contributed by atoms with Crippen molar-refractivity contribution < 1.29 is 23.2 Å². The van der Waals surface area contributed by atoms with Crippen molar-refractivity contribution in [3.8, 4) is 0 Å². The van der Waals surface area contributed by atoms with Crippen LogP contribution < -0.4 is 0 Å². The number of aromatic nitrogens is 1. The number of rotatable bonds is 2. The smallest absolute Gasteiger partial charge is 0.309 e. The van der Waals surface area contributed by atoms with E-state index in [2.05, 4.69) is 5.16 Å². The molecular formula is C9H9F2NO3. The zero-order chi connectivity index (χ0) is 11.1. The van der Waals surface area contributed by atoms with Crippen LogP contribution in [0.25, 0.3) is 0 Å². The van der Waals surface area contributed by atoms with Crippen molar-refractivity contribution in [3.63, 3.8) is 0 Å². The quantitative estimate of drug-likeness (QED) is 0.813. The predicted molar refractivity (Wildman–Crippen MR) is 44.8 cm³/mol. The van der Waals surface area contributed by atoms with Gasteiger partial charge < -0.3 is 9.63 Å². The molecule has 1 aliphatic rings. The number of carbonyl (C=O) groups is 1.